The second-order valence-electron chi connectivity index (χ2n) is 4.69. The zero-order valence-corrected chi connectivity index (χ0v) is 13.5. The van der Waals surface area contributed by atoms with Crippen molar-refractivity contribution in [2.75, 3.05) is 37.7 Å². The molecule has 2 rings (SSSR count). The van der Waals surface area contributed by atoms with Gasteiger partial charge < -0.3 is 9.80 Å². The Morgan fingerprint density at radius 1 is 1.35 bits per heavy atom. The van der Waals surface area contributed by atoms with Crippen molar-refractivity contribution in [3.05, 3.63) is 28.5 Å². The average Bonchev–Trinajstić information content (AvgIpc) is 2.88. The summed E-state index contributed by atoms with van der Waals surface area (Å²) in [6.45, 7) is 8.81. The maximum atomic E-state index is 13.9. The zero-order valence-electron chi connectivity index (χ0n) is 11.9. The molecular weight excluding hydrogens is 323 g/mol. The number of benzene rings is 1. The zero-order chi connectivity index (χ0) is 14.5. The number of hydrazone groups is 1. The van der Waals surface area contributed by atoms with Gasteiger partial charge in [-0.25, -0.2) is 4.39 Å². The van der Waals surface area contributed by atoms with Crippen molar-refractivity contribution < 1.29 is 4.39 Å². The number of hydrogen-bond acceptors (Lipinski definition) is 4. The molecule has 0 spiro atoms. The van der Waals surface area contributed by atoms with Crippen molar-refractivity contribution in [2.45, 2.75) is 13.8 Å². The van der Waals surface area contributed by atoms with Gasteiger partial charge in [-0.05, 0) is 31.3 Å². The lowest BCUT2D eigenvalue weighted by atomic mass is 10.3. The van der Waals surface area contributed by atoms with Crippen LogP contribution in [0.3, 0.4) is 0 Å². The third-order valence-electron chi connectivity index (χ3n) is 3.46. The number of nitrogens with zero attached hydrogens (tertiary/aromatic N) is 4. The SMILES string of the molecule is CCN(CC)CCN1CN(c2ccc(Br)cc2F)C=N1. The van der Waals surface area contributed by atoms with Crippen LogP contribution in [0.4, 0.5) is 10.1 Å². The molecule has 20 heavy (non-hydrogen) atoms. The standard InChI is InChI=1S/C14H20BrFN4/c1-3-18(4-2)7-8-20-11-19(10-17-20)14-6-5-12(15)9-13(14)16/h5-6,9-10H,3-4,7-8,11H2,1-2H3. The van der Waals surface area contributed by atoms with Crippen LogP contribution in [0.15, 0.2) is 27.8 Å². The van der Waals surface area contributed by atoms with Gasteiger partial charge in [0.05, 0.1) is 12.2 Å². The highest BCUT2D eigenvalue weighted by atomic mass is 79.9. The number of likely N-dealkylation sites (N-methyl/N-ethyl adjacent to an activating group) is 1. The summed E-state index contributed by atoms with van der Waals surface area (Å²) in [7, 11) is 0. The number of anilines is 1. The summed E-state index contributed by atoms with van der Waals surface area (Å²) < 4.78 is 14.6. The van der Waals surface area contributed by atoms with E-state index in [1.54, 1.807) is 12.4 Å². The molecule has 1 aromatic rings. The molecule has 110 valence electrons. The Hall–Kier alpha value is -1.14. The molecule has 0 saturated carbocycles. The first-order valence-corrected chi connectivity index (χ1v) is 7.66. The van der Waals surface area contributed by atoms with E-state index in [0.717, 1.165) is 30.7 Å². The van der Waals surface area contributed by atoms with Gasteiger partial charge in [0.2, 0.25) is 0 Å². The first-order valence-electron chi connectivity index (χ1n) is 6.87. The normalized spacial score (nSPS) is 14.7. The molecular formula is C14H20BrFN4. The van der Waals surface area contributed by atoms with E-state index < -0.39 is 0 Å². The fourth-order valence-corrected chi connectivity index (χ4v) is 2.50. The monoisotopic (exact) mass is 342 g/mol. The lowest BCUT2D eigenvalue weighted by Crippen LogP contribution is -2.34. The highest BCUT2D eigenvalue weighted by molar-refractivity contribution is 9.10. The molecule has 0 aromatic heterocycles. The Kier molecular flexibility index (Phi) is 5.37. The summed E-state index contributed by atoms with van der Waals surface area (Å²) in [6, 6.07) is 5.08. The van der Waals surface area contributed by atoms with Crippen LogP contribution in [0, 0.1) is 5.82 Å². The van der Waals surface area contributed by atoms with E-state index in [0.29, 0.717) is 12.4 Å². The van der Waals surface area contributed by atoms with Crippen molar-refractivity contribution in [3.8, 4) is 0 Å². The smallest absolute Gasteiger partial charge is 0.148 e. The van der Waals surface area contributed by atoms with Gasteiger partial charge in [-0.2, -0.15) is 5.10 Å². The first-order chi connectivity index (χ1) is 9.63. The van der Waals surface area contributed by atoms with E-state index in [4.69, 9.17) is 0 Å². The molecule has 0 unspecified atom stereocenters. The van der Waals surface area contributed by atoms with Crippen molar-refractivity contribution >= 4 is 28.0 Å². The number of hydrogen-bond donors (Lipinski definition) is 0. The number of rotatable bonds is 6. The highest BCUT2D eigenvalue weighted by Crippen LogP contribution is 2.24. The molecule has 1 aliphatic rings. The molecule has 6 heteroatoms. The third-order valence-corrected chi connectivity index (χ3v) is 3.95. The van der Waals surface area contributed by atoms with Crippen LogP contribution in [0.2, 0.25) is 0 Å². The minimum atomic E-state index is -0.239. The van der Waals surface area contributed by atoms with Crippen LogP contribution < -0.4 is 4.90 Å². The van der Waals surface area contributed by atoms with Gasteiger partial charge in [0.25, 0.3) is 0 Å². The van der Waals surface area contributed by atoms with E-state index in [9.17, 15) is 4.39 Å². The summed E-state index contributed by atoms with van der Waals surface area (Å²) in [6.07, 6.45) is 1.69. The predicted molar refractivity (Wildman–Crippen MR) is 84.4 cm³/mol. The second kappa shape index (κ2) is 7.04. The molecule has 1 aliphatic heterocycles. The van der Waals surface area contributed by atoms with Crippen LogP contribution in [0.1, 0.15) is 13.8 Å². The molecule has 0 radical (unpaired) electrons. The van der Waals surface area contributed by atoms with Crippen molar-refractivity contribution in [3.63, 3.8) is 0 Å². The second-order valence-corrected chi connectivity index (χ2v) is 5.61. The Bertz CT molecular complexity index is 476. The van der Waals surface area contributed by atoms with Gasteiger partial charge in [0, 0.05) is 11.0 Å². The van der Waals surface area contributed by atoms with E-state index in [2.05, 4.69) is 39.8 Å². The average molecular weight is 343 g/mol. The lowest BCUT2D eigenvalue weighted by molar-refractivity contribution is 0.233. The highest BCUT2D eigenvalue weighted by Gasteiger charge is 2.18. The Balaban J connectivity index is 1.91. The van der Waals surface area contributed by atoms with E-state index in [1.165, 1.54) is 6.07 Å². The minimum absolute atomic E-state index is 0.239. The van der Waals surface area contributed by atoms with Gasteiger partial charge in [0.15, 0.2) is 0 Å². The minimum Gasteiger partial charge on any atom is -0.308 e. The molecule has 0 amide bonds. The van der Waals surface area contributed by atoms with Gasteiger partial charge in [-0.1, -0.05) is 29.8 Å². The Morgan fingerprint density at radius 3 is 2.75 bits per heavy atom. The molecule has 0 N–H and O–H groups in total. The third kappa shape index (κ3) is 3.70. The molecule has 1 aromatic carbocycles. The Labute approximate surface area is 128 Å². The van der Waals surface area contributed by atoms with Crippen LogP contribution >= 0.6 is 15.9 Å². The largest absolute Gasteiger partial charge is 0.308 e. The van der Waals surface area contributed by atoms with Crippen LogP contribution in [-0.2, 0) is 0 Å². The van der Waals surface area contributed by atoms with Crippen molar-refractivity contribution in [1.29, 1.82) is 0 Å². The maximum absolute atomic E-state index is 13.9. The van der Waals surface area contributed by atoms with Crippen molar-refractivity contribution in [2.24, 2.45) is 5.10 Å². The fourth-order valence-electron chi connectivity index (χ4n) is 2.16. The van der Waals surface area contributed by atoms with E-state index in [1.807, 2.05) is 16.0 Å². The van der Waals surface area contributed by atoms with Crippen LogP contribution in [-0.4, -0.2) is 49.1 Å². The Morgan fingerprint density at radius 2 is 2.10 bits per heavy atom. The van der Waals surface area contributed by atoms with Crippen LogP contribution in [0.25, 0.3) is 0 Å². The van der Waals surface area contributed by atoms with Gasteiger partial charge in [-0.15, -0.1) is 0 Å². The summed E-state index contributed by atoms with van der Waals surface area (Å²) in [4.78, 5) is 4.17. The van der Waals surface area contributed by atoms with Gasteiger partial charge >= 0.3 is 0 Å². The van der Waals surface area contributed by atoms with E-state index >= 15 is 0 Å². The molecule has 0 atom stereocenters. The fraction of sp³-hybridized carbons (Fsp3) is 0.500. The molecule has 0 bridgehead atoms. The van der Waals surface area contributed by atoms with Gasteiger partial charge in [-0.3, -0.25) is 5.01 Å². The molecule has 0 fully saturated rings. The summed E-state index contributed by atoms with van der Waals surface area (Å²) in [5.74, 6) is -0.239. The summed E-state index contributed by atoms with van der Waals surface area (Å²) in [5.41, 5.74) is 0.558. The summed E-state index contributed by atoms with van der Waals surface area (Å²) >= 11 is 3.27. The van der Waals surface area contributed by atoms with Crippen molar-refractivity contribution in [1.82, 2.24) is 9.91 Å². The molecule has 4 nitrogen and oxygen atoms in total. The molecule has 0 aliphatic carbocycles. The lowest BCUT2D eigenvalue weighted by Gasteiger charge is -2.23. The topological polar surface area (TPSA) is 22.1 Å². The van der Waals surface area contributed by atoms with E-state index in [-0.39, 0.29) is 5.82 Å². The number of halogens is 2. The quantitative estimate of drug-likeness (QED) is 0.793. The van der Waals surface area contributed by atoms with Crippen LogP contribution in [0.5, 0.6) is 0 Å². The maximum Gasteiger partial charge on any atom is 0.148 e. The summed E-state index contributed by atoms with van der Waals surface area (Å²) in [5, 5.41) is 6.28. The molecule has 0 saturated heterocycles. The first kappa shape index (κ1) is 15.3. The predicted octanol–water partition coefficient (Wildman–Crippen LogP) is 2.95. The van der Waals surface area contributed by atoms with Gasteiger partial charge in [0.1, 0.15) is 18.8 Å². The molecule has 1 heterocycles.